The van der Waals surface area contributed by atoms with Gasteiger partial charge in [-0.3, -0.25) is 0 Å². The molecule has 0 aromatic carbocycles. The van der Waals surface area contributed by atoms with Gasteiger partial charge in [-0.1, -0.05) is 32.4 Å². The molecule has 0 bridgehead atoms. The van der Waals surface area contributed by atoms with E-state index >= 15 is 0 Å². The first kappa shape index (κ1) is 12.5. The third kappa shape index (κ3) is 4.63. The minimum atomic E-state index is 0.701. The molecule has 0 N–H and O–H groups in total. The highest BCUT2D eigenvalue weighted by atomic mass is 16.1. The smallest absolute Gasteiger partial charge is 0.120 e. The molecule has 15 heavy (non-hydrogen) atoms. The standard InChI is InChI=1S/C14H24O/c1-11(2)7-14-9-12(3)8-13(10-14)5-4-6-15/h6,10-12,14H,4-5,7-9H2,1-3H3. The number of rotatable bonds is 5. The topological polar surface area (TPSA) is 17.1 Å². The average molecular weight is 208 g/mol. The molecule has 0 saturated heterocycles. The third-order valence-electron chi connectivity index (χ3n) is 3.14. The van der Waals surface area contributed by atoms with Crippen LogP contribution in [-0.4, -0.2) is 6.29 Å². The Bertz CT molecular complexity index is 227. The van der Waals surface area contributed by atoms with Gasteiger partial charge in [0.15, 0.2) is 0 Å². The largest absolute Gasteiger partial charge is 0.303 e. The van der Waals surface area contributed by atoms with Gasteiger partial charge in [-0.25, -0.2) is 0 Å². The highest BCUT2D eigenvalue weighted by Gasteiger charge is 2.19. The van der Waals surface area contributed by atoms with Gasteiger partial charge >= 0.3 is 0 Å². The summed E-state index contributed by atoms with van der Waals surface area (Å²) in [6.07, 6.45) is 9.02. The highest BCUT2D eigenvalue weighted by Crippen LogP contribution is 2.33. The summed E-state index contributed by atoms with van der Waals surface area (Å²) in [6, 6.07) is 0. The molecule has 1 heteroatoms. The van der Waals surface area contributed by atoms with Crippen LogP contribution in [0.25, 0.3) is 0 Å². The second-order valence-electron chi connectivity index (χ2n) is 5.46. The monoisotopic (exact) mass is 208 g/mol. The maximum absolute atomic E-state index is 10.4. The first-order chi connectivity index (χ1) is 7.11. The number of allylic oxidation sites excluding steroid dienone is 2. The highest BCUT2D eigenvalue weighted by molar-refractivity contribution is 5.49. The molecule has 86 valence electrons. The summed E-state index contributed by atoms with van der Waals surface area (Å²) in [5.74, 6) is 2.35. The van der Waals surface area contributed by atoms with Crippen molar-refractivity contribution < 1.29 is 4.79 Å². The fraction of sp³-hybridized carbons (Fsp3) is 0.786. The van der Waals surface area contributed by atoms with Crippen molar-refractivity contribution in [3.63, 3.8) is 0 Å². The predicted molar refractivity (Wildman–Crippen MR) is 64.7 cm³/mol. The minimum absolute atomic E-state index is 0.701. The Kier molecular flexibility index (Phi) is 5.07. The molecular formula is C14H24O. The summed E-state index contributed by atoms with van der Waals surface area (Å²) >= 11 is 0. The Balaban J connectivity index is 2.53. The molecule has 0 heterocycles. The zero-order valence-electron chi connectivity index (χ0n) is 10.3. The molecule has 2 atom stereocenters. The molecule has 0 radical (unpaired) electrons. The summed E-state index contributed by atoms with van der Waals surface area (Å²) in [6.45, 7) is 6.91. The Morgan fingerprint density at radius 1 is 1.53 bits per heavy atom. The van der Waals surface area contributed by atoms with E-state index in [2.05, 4.69) is 26.8 Å². The number of carbonyl (C=O) groups is 1. The van der Waals surface area contributed by atoms with Crippen LogP contribution in [0.5, 0.6) is 0 Å². The molecule has 0 aromatic rings. The molecule has 1 aliphatic carbocycles. The van der Waals surface area contributed by atoms with E-state index in [4.69, 9.17) is 0 Å². The molecule has 0 saturated carbocycles. The lowest BCUT2D eigenvalue weighted by atomic mass is 9.79. The van der Waals surface area contributed by atoms with E-state index < -0.39 is 0 Å². The van der Waals surface area contributed by atoms with Gasteiger partial charge in [0.05, 0.1) is 0 Å². The maximum Gasteiger partial charge on any atom is 0.120 e. The zero-order chi connectivity index (χ0) is 11.3. The molecule has 1 aliphatic rings. The lowest BCUT2D eigenvalue weighted by molar-refractivity contribution is -0.107. The molecule has 1 rings (SSSR count). The summed E-state index contributed by atoms with van der Waals surface area (Å²) < 4.78 is 0. The normalized spacial score (nSPS) is 26.5. The van der Waals surface area contributed by atoms with Crippen LogP contribution in [0.3, 0.4) is 0 Å². The molecule has 2 unspecified atom stereocenters. The summed E-state index contributed by atoms with van der Waals surface area (Å²) in [5, 5.41) is 0. The Hall–Kier alpha value is -0.590. The lowest BCUT2D eigenvalue weighted by Crippen LogP contribution is -2.14. The second kappa shape index (κ2) is 6.09. The van der Waals surface area contributed by atoms with Crippen LogP contribution in [0.2, 0.25) is 0 Å². The fourth-order valence-corrected chi connectivity index (χ4v) is 2.72. The van der Waals surface area contributed by atoms with Gasteiger partial charge in [0.25, 0.3) is 0 Å². The summed E-state index contributed by atoms with van der Waals surface area (Å²) in [4.78, 5) is 10.4. The minimum Gasteiger partial charge on any atom is -0.303 e. The second-order valence-corrected chi connectivity index (χ2v) is 5.46. The van der Waals surface area contributed by atoms with E-state index in [1.807, 2.05) is 0 Å². The van der Waals surface area contributed by atoms with Gasteiger partial charge in [0.1, 0.15) is 6.29 Å². The van der Waals surface area contributed by atoms with E-state index in [0.717, 1.165) is 30.5 Å². The quantitative estimate of drug-likeness (QED) is 0.493. The van der Waals surface area contributed by atoms with Crippen molar-refractivity contribution in [2.45, 2.75) is 52.9 Å². The van der Waals surface area contributed by atoms with Crippen molar-refractivity contribution in [3.8, 4) is 0 Å². The molecule has 1 nitrogen and oxygen atoms in total. The van der Waals surface area contributed by atoms with Gasteiger partial charge in [-0.05, 0) is 43.4 Å². The molecule has 0 aromatic heterocycles. The molecule has 0 fully saturated rings. The first-order valence-corrected chi connectivity index (χ1v) is 6.25. The van der Waals surface area contributed by atoms with Gasteiger partial charge in [-0.2, -0.15) is 0 Å². The average Bonchev–Trinajstić information content (AvgIpc) is 2.12. The predicted octanol–water partition coefficient (Wildman–Crippen LogP) is 3.98. The lowest BCUT2D eigenvalue weighted by Gasteiger charge is -2.27. The van der Waals surface area contributed by atoms with Crippen LogP contribution < -0.4 is 0 Å². The van der Waals surface area contributed by atoms with Crippen LogP contribution in [0.1, 0.15) is 52.9 Å². The molecule has 0 spiro atoms. The molecule has 0 amide bonds. The zero-order valence-corrected chi connectivity index (χ0v) is 10.3. The summed E-state index contributed by atoms with van der Waals surface area (Å²) in [7, 11) is 0. The van der Waals surface area contributed by atoms with E-state index in [1.54, 1.807) is 0 Å². The van der Waals surface area contributed by atoms with E-state index in [9.17, 15) is 4.79 Å². The number of hydrogen-bond donors (Lipinski definition) is 0. The van der Waals surface area contributed by atoms with E-state index in [-0.39, 0.29) is 0 Å². The van der Waals surface area contributed by atoms with Crippen molar-refractivity contribution in [1.82, 2.24) is 0 Å². The fourth-order valence-electron chi connectivity index (χ4n) is 2.72. The van der Waals surface area contributed by atoms with Crippen molar-refractivity contribution in [2.24, 2.45) is 17.8 Å². The Morgan fingerprint density at radius 2 is 2.27 bits per heavy atom. The van der Waals surface area contributed by atoms with Gasteiger partial charge in [0.2, 0.25) is 0 Å². The Morgan fingerprint density at radius 3 is 2.87 bits per heavy atom. The SMILES string of the molecule is CC(C)CC1C=C(CCC=O)CC(C)C1. The maximum atomic E-state index is 10.4. The van der Waals surface area contributed by atoms with Crippen molar-refractivity contribution in [3.05, 3.63) is 11.6 Å². The van der Waals surface area contributed by atoms with Gasteiger partial charge in [0, 0.05) is 6.42 Å². The van der Waals surface area contributed by atoms with Crippen molar-refractivity contribution >= 4 is 6.29 Å². The molecular weight excluding hydrogens is 184 g/mol. The first-order valence-electron chi connectivity index (χ1n) is 6.25. The van der Waals surface area contributed by atoms with Crippen molar-refractivity contribution in [2.75, 3.05) is 0 Å². The number of carbonyl (C=O) groups excluding carboxylic acids is 1. The van der Waals surface area contributed by atoms with Crippen LogP contribution >= 0.6 is 0 Å². The number of aldehydes is 1. The summed E-state index contributed by atoms with van der Waals surface area (Å²) in [5.41, 5.74) is 1.52. The van der Waals surface area contributed by atoms with Gasteiger partial charge in [-0.15, -0.1) is 0 Å². The third-order valence-corrected chi connectivity index (χ3v) is 3.14. The molecule has 0 aliphatic heterocycles. The van der Waals surface area contributed by atoms with E-state index in [0.29, 0.717) is 6.42 Å². The van der Waals surface area contributed by atoms with Gasteiger partial charge < -0.3 is 4.79 Å². The van der Waals surface area contributed by atoms with Crippen LogP contribution in [0, 0.1) is 17.8 Å². The van der Waals surface area contributed by atoms with Crippen LogP contribution in [0.4, 0.5) is 0 Å². The Labute approximate surface area is 93.9 Å². The van der Waals surface area contributed by atoms with Crippen molar-refractivity contribution in [1.29, 1.82) is 0 Å². The number of hydrogen-bond acceptors (Lipinski definition) is 1. The van der Waals surface area contributed by atoms with Crippen LogP contribution in [0.15, 0.2) is 11.6 Å². The van der Waals surface area contributed by atoms with Crippen LogP contribution in [-0.2, 0) is 4.79 Å². The van der Waals surface area contributed by atoms with E-state index in [1.165, 1.54) is 24.8 Å².